The topological polar surface area (TPSA) is 152 Å². The Morgan fingerprint density at radius 2 is 1.64 bits per heavy atom. The van der Waals surface area contributed by atoms with Gasteiger partial charge in [0.1, 0.15) is 12.8 Å². The average Bonchev–Trinajstić information content (AvgIpc) is 2.70. The van der Waals surface area contributed by atoms with E-state index in [2.05, 4.69) is 21.3 Å². The Balaban J connectivity index is 2.63. The lowest BCUT2D eigenvalue weighted by Gasteiger charge is -2.19. The van der Waals surface area contributed by atoms with Crippen molar-refractivity contribution >= 4 is 23.6 Å². The summed E-state index contributed by atoms with van der Waals surface area (Å²) in [7, 11) is 0. The monoisotopic (exact) mass is 393 g/mol. The SMILES string of the molecule is CCOCNC(=O)CNC(=O)[C@H](Cc1ccccc1)NC(=O)CNC(=O)CN. The number of amides is 4. The van der Waals surface area contributed by atoms with Crippen molar-refractivity contribution in [3.63, 3.8) is 0 Å². The molecule has 10 heteroatoms. The largest absolute Gasteiger partial charge is 0.362 e. The van der Waals surface area contributed by atoms with Crippen LogP contribution in [0, 0.1) is 0 Å². The highest BCUT2D eigenvalue weighted by molar-refractivity contribution is 5.92. The van der Waals surface area contributed by atoms with Crippen LogP contribution in [0.25, 0.3) is 0 Å². The van der Waals surface area contributed by atoms with Crippen LogP contribution < -0.4 is 27.0 Å². The van der Waals surface area contributed by atoms with E-state index in [1.54, 1.807) is 6.92 Å². The van der Waals surface area contributed by atoms with Gasteiger partial charge in [0.25, 0.3) is 0 Å². The van der Waals surface area contributed by atoms with Gasteiger partial charge in [-0.1, -0.05) is 30.3 Å². The van der Waals surface area contributed by atoms with Crippen molar-refractivity contribution in [1.82, 2.24) is 21.3 Å². The molecule has 0 aliphatic carbocycles. The molecule has 1 rings (SSSR count). The van der Waals surface area contributed by atoms with Gasteiger partial charge in [-0.05, 0) is 12.5 Å². The number of carbonyl (C=O) groups is 4. The molecular weight excluding hydrogens is 366 g/mol. The minimum Gasteiger partial charge on any atom is -0.362 e. The smallest absolute Gasteiger partial charge is 0.243 e. The van der Waals surface area contributed by atoms with Gasteiger partial charge >= 0.3 is 0 Å². The Hall–Kier alpha value is -2.98. The summed E-state index contributed by atoms with van der Waals surface area (Å²) >= 11 is 0. The van der Waals surface area contributed by atoms with Crippen LogP contribution in [0.15, 0.2) is 30.3 Å². The number of nitrogens with one attached hydrogen (secondary N) is 4. The van der Waals surface area contributed by atoms with Gasteiger partial charge in [0.05, 0.1) is 19.6 Å². The molecule has 154 valence electrons. The van der Waals surface area contributed by atoms with Crippen molar-refractivity contribution in [1.29, 1.82) is 0 Å². The predicted octanol–water partition coefficient (Wildman–Crippen LogP) is -1.98. The van der Waals surface area contributed by atoms with Crippen LogP contribution in [0.2, 0.25) is 0 Å². The minimum absolute atomic E-state index is 0.0518. The molecule has 1 atom stereocenters. The maximum atomic E-state index is 12.5. The van der Waals surface area contributed by atoms with Crippen molar-refractivity contribution in [2.45, 2.75) is 19.4 Å². The Morgan fingerprint density at radius 3 is 2.29 bits per heavy atom. The molecule has 0 aliphatic rings. The zero-order valence-corrected chi connectivity index (χ0v) is 15.8. The van der Waals surface area contributed by atoms with E-state index in [0.717, 1.165) is 5.56 Å². The maximum Gasteiger partial charge on any atom is 0.243 e. The molecule has 0 saturated heterocycles. The van der Waals surface area contributed by atoms with E-state index >= 15 is 0 Å². The summed E-state index contributed by atoms with van der Waals surface area (Å²) in [5, 5.41) is 9.86. The summed E-state index contributed by atoms with van der Waals surface area (Å²) < 4.78 is 5.00. The van der Waals surface area contributed by atoms with Gasteiger partial charge in [0.2, 0.25) is 23.6 Å². The molecule has 6 N–H and O–H groups in total. The van der Waals surface area contributed by atoms with E-state index in [-0.39, 0.29) is 32.8 Å². The molecule has 0 heterocycles. The number of carbonyl (C=O) groups excluding carboxylic acids is 4. The summed E-state index contributed by atoms with van der Waals surface area (Å²) in [6.45, 7) is 1.51. The van der Waals surface area contributed by atoms with E-state index in [1.165, 1.54) is 0 Å². The Morgan fingerprint density at radius 1 is 0.964 bits per heavy atom. The summed E-state index contributed by atoms with van der Waals surface area (Å²) in [6.07, 6.45) is 0.226. The fourth-order valence-electron chi connectivity index (χ4n) is 2.14. The molecule has 0 radical (unpaired) electrons. The molecule has 1 aromatic rings. The van der Waals surface area contributed by atoms with Crippen LogP contribution in [0.4, 0.5) is 0 Å². The summed E-state index contributed by atoms with van der Waals surface area (Å²) in [5.41, 5.74) is 6.00. The van der Waals surface area contributed by atoms with Crippen molar-refractivity contribution < 1.29 is 23.9 Å². The van der Waals surface area contributed by atoms with E-state index in [1.807, 2.05) is 30.3 Å². The van der Waals surface area contributed by atoms with E-state index < -0.39 is 29.7 Å². The van der Waals surface area contributed by atoms with Crippen LogP contribution in [0.3, 0.4) is 0 Å². The molecule has 0 bridgehead atoms. The summed E-state index contributed by atoms with van der Waals surface area (Å²) in [6, 6.07) is 8.19. The third-order valence-electron chi connectivity index (χ3n) is 3.56. The Bertz CT molecular complexity index is 653. The van der Waals surface area contributed by atoms with Gasteiger partial charge in [-0.3, -0.25) is 19.2 Å². The normalized spacial score (nSPS) is 11.2. The fraction of sp³-hybridized carbons (Fsp3) is 0.444. The molecule has 28 heavy (non-hydrogen) atoms. The van der Waals surface area contributed by atoms with Crippen LogP contribution in [-0.2, 0) is 30.3 Å². The van der Waals surface area contributed by atoms with Crippen molar-refractivity contribution in [3.8, 4) is 0 Å². The lowest BCUT2D eigenvalue weighted by molar-refractivity contribution is -0.131. The number of hydrogen-bond donors (Lipinski definition) is 5. The molecule has 0 fully saturated rings. The summed E-state index contributed by atoms with van der Waals surface area (Å²) in [5.74, 6) is -1.96. The van der Waals surface area contributed by atoms with E-state index in [9.17, 15) is 19.2 Å². The molecule has 10 nitrogen and oxygen atoms in total. The molecular formula is C18H27N5O5. The number of hydrogen-bond acceptors (Lipinski definition) is 6. The van der Waals surface area contributed by atoms with Crippen molar-refractivity contribution in [3.05, 3.63) is 35.9 Å². The molecule has 0 aliphatic heterocycles. The number of ether oxygens (including phenoxy) is 1. The highest BCUT2D eigenvalue weighted by Gasteiger charge is 2.22. The third kappa shape index (κ3) is 9.64. The average molecular weight is 393 g/mol. The first-order valence-electron chi connectivity index (χ1n) is 8.88. The van der Waals surface area contributed by atoms with E-state index in [0.29, 0.717) is 6.61 Å². The van der Waals surface area contributed by atoms with E-state index in [4.69, 9.17) is 10.5 Å². The van der Waals surface area contributed by atoms with Gasteiger partial charge in [-0.25, -0.2) is 0 Å². The maximum absolute atomic E-state index is 12.5. The Kier molecular flexibility index (Phi) is 10.9. The van der Waals surface area contributed by atoms with Crippen molar-refractivity contribution in [2.24, 2.45) is 5.73 Å². The highest BCUT2D eigenvalue weighted by Crippen LogP contribution is 2.03. The van der Waals surface area contributed by atoms with Crippen LogP contribution in [0.1, 0.15) is 12.5 Å². The first-order chi connectivity index (χ1) is 13.5. The number of benzene rings is 1. The molecule has 0 aromatic heterocycles. The van der Waals surface area contributed by atoms with Gasteiger partial charge < -0.3 is 31.7 Å². The molecule has 1 aromatic carbocycles. The van der Waals surface area contributed by atoms with Crippen LogP contribution >= 0.6 is 0 Å². The second kappa shape index (κ2) is 13.2. The van der Waals surface area contributed by atoms with Gasteiger partial charge in [0.15, 0.2) is 0 Å². The summed E-state index contributed by atoms with van der Waals surface area (Å²) in [4.78, 5) is 47.4. The van der Waals surface area contributed by atoms with Gasteiger partial charge in [0, 0.05) is 13.0 Å². The van der Waals surface area contributed by atoms with Gasteiger partial charge in [-0.15, -0.1) is 0 Å². The minimum atomic E-state index is -0.913. The molecule has 4 amide bonds. The van der Waals surface area contributed by atoms with Crippen LogP contribution in [0.5, 0.6) is 0 Å². The van der Waals surface area contributed by atoms with Gasteiger partial charge in [-0.2, -0.15) is 0 Å². The first-order valence-corrected chi connectivity index (χ1v) is 8.88. The highest BCUT2D eigenvalue weighted by atomic mass is 16.5. The number of rotatable bonds is 12. The zero-order valence-electron chi connectivity index (χ0n) is 15.8. The standard InChI is InChI=1S/C18H27N5O5/c1-2-28-12-22-16(25)10-21-18(27)14(8-13-6-4-3-5-7-13)23-17(26)11-20-15(24)9-19/h3-7,14H,2,8-12,19H2,1H3,(H,20,24)(H,21,27)(H,22,25)(H,23,26)/t14-/m0/s1. The molecule has 0 unspecified atom stereocenters. The first kappa shape index (κ1) is 23.1. The Labute approximate surface area is 163 Å². The quantitative estimate of drug-likeness (QED) is 0.205. The lowest BCUT2D eigenvalue weighted by atomic mass is 10.1. The van der Waals surface area contributed by atoms with Crippen LogP contribution in [-0.4, -0.2) is 62.6 Å². The second-order valence-electron chi connectivity index (χ2n) is 5.75. The number of nitrogens with two attached hydrogens (primary N) is 1. The zero-order chi connectivity index (χ0) is 20.8. The predicted molar refractivity (Wildman–Crippen MR) is 102 cm³/mol. The third-order valence-corrected chi connectivity index (χ3v) is 3.56. The lowest BCUT2D eigenvalue weighted by Crippen LogP contribution is -2.52. The second-order valence-corrected chi connectivity index (χ2v) is 5.75. The van der Waals surface area contributed by atoms with Crippen molar-refractivity contribution in [2.75, 3.05) is 33.0 Å². The molecule has 0 spiro atoms. The fourth-order valence-corrected chi connectivity index (χ4v) is 2.14. The molecule has 0 saturated carbocycles.